The standard InChI is InChI=1S/C18H29ClN2O6S/c1-8(19)10(16-13(23)12(22)14(24)18(27-16)28-2)21-17(25)11-15-9(7-20-11)5-3-4-6-26-15/h3-4,8-16,18,20,22-24H,5-7H2,1-2H3,(H,21,25)/t8-,9+,10+,11-,12+,13?,14+,15+,16+,18?/m0/s1. The van der Waals surface area contributed by atoms with Gasteiger partial charge in [0.1, 0.15) is 35.9 Å². The van der Waals surface area contributed by atoms with Crippen molar-refractivity contribution in [1.82, 2.24) is 10.6 Å². The number of allylic oxidation sites excluding steroid dienone is 1. The minimum Gasteiger partial charge on any atom is -0.388 e. The van der Waals surface area contributed by atoms with E-state index in [4.69, 9.17) is 21.1 Å². The van der Waals surface area contributed by atoms with E-state index in [2.05, 4.69) is 16.7 Å². The van der Waals surface area contributed by atoms with Crippen molar-refractivity contribution < 1.29 is 29.6 Å². The highest BCUT2D eigenvalue weighted by molar-refractivity contribution is 7.99. The molecule has 0 aromatic carbocycles. The molecule has 3 aliphatic rings. The van der Waals surface area contributed by atoms with Gasteiger partial charge in [-0.1, -0.05) is 12.2 Å². The summed E-state index contributed by atoms with van der Waals surface area (Å²) in [5, 5.41) is 36.2. The molecule has 2 saturated heterocycles. The molecule has 0 aromatic rings. The number of fused-ring (bicyclic) bond motifs is 1. The summed E-state index contributed by atoms with van der Waals surface area (Å²) in [6.45, 7) is 2.83. The van der Waals surface area contributed by atoms with Gasteiger partial charge < -0.3 is 35.4 Å². The number of hydrogen-bond acceptors (Lipinski definition) is 8. The lowest BCUT2D eigenvalue weighted by atomic mass is 9.92. The van der Waals surface area contributed by atoms with Crippen molar-refractivity contribution in [3.05, 3.63) is 12.2 Å². The summed E-state index contributed by atoms with van der Waals surface area (Å²) in [4.78, 5) is 13.0. The number of carbonyl (C=O) groups excluding carboxylic acids is 1. The maximum atomic E-state index is 13.0. The smallest absolute Gasteiger partial charge is 0.240 e. The van der Waals surface area contributed by atoms with E-state index in [0.29, 0.717) is 13.2 Å². The molecule has 0 saturated carbocycles. The highest BCUT2D eigenvalue weighted by atomic mass is 35.5. The van der Waals surface area contributed by atoms with E-state index in [1.807, 2.05) is 6.08 Å². The Kier molecular flexibility index (Phi) is 7.66. The number of carbonyl (C=O) groups is 1. The molecule has 10 heteroatoms. The van der Waals surface area contributed by atoms with Crippen molar-refractivity contribution in [2.75, 3.05) is 19.4 Å². The average Bonchev–Trinajstić information content (AvgIpc) is 2.93. The molecule has 10 atom stereocenters. The van der Waals surface area contributed by atoms with E-state index in [-0.39, 0.29) is 17.9 Å². The SMILES string of the molecule is CSC1O[C@H]([C@H](NC(=O)[C@H]2NC[C@H]3CC=CCO[C@H]32)[C@H](C)Cl)C(O)[C@@H](O)[C@H]1O. The Labute approximate surface area is 174 Å². The maximum Gasteiger partial charge on any atom is 0.240 e. The molecule has 0 radical (unpaired) electrons. The van der Waals surface area contributed by atoms with Crippen molar-refractivity contribution in [3.8, 4) is 0 Å². The first-order valence-electron chi connectivity index (χ1n) is 9.52. The predicted octanol–water partition coefficient (Wildman–Crippen LogP) is -0.798. The van der Waals surface area contributed by atoms with Crippen molar-refractivity contribution >= 4 is 29.3 Å². The monoisotopic (exact) mass is 436 g/mol. The Bertz CT molecular complexity index is 580. The van der Waals surface area contributed by atoms with Crippen LogP contribution in [-0.4, -0.2) is 94.1 Å². The molecular weight excluding hydrogens is 408 g/mol. The minimum atomic E-state index is -1.39. The fourth-order valence-corrected chi connectivity index (χ4v) is 4.94. The number of thioether (sulfide) groups is 1. The Hall–Kier alpha value is -0.390. The van der Waals surface area contributed by atoms with Crippen molar-refractivity contribution in [2.45, 2.75) is 66.8 Å². The third-order valence-corrected chi connectivity index (χ3v) is 6.79. The Morgan fingerprint density at radius 3 is 2.71 bits per heavy atom. The van der Waals surface area contributed by atoms with Crippen LogP contribution >= 0.6 is 23.4 Å². The molecule has 0 aliphatic carbocycles. The van der Waals surface area contributed by atoms with Crippen molar-refractivity contribution in [1.29, 1.82) is 0 Å². The van der Waals surface area contributed by atoms with E-state index < -0.39 is 47.3 Å². The van der Waals surface area contributed by atoms with Gasteiger partial charge >= 0.3 is 0 Å². The largest absolute Gasteiger partial charge is 0.388 e. The van der Waals surface area contributed by atoms with Crippen molar-refractivity contribution in [3.63, 3.8) is 0 Å². The van der Waals surface area contributed by atoms with Gasteiger partial charge in [0.25, 0.3) is 0 Å². The van der Waals surface area contributed by atoms with Gasteiger partial charge in [0.15, 0.2) is 0 Å². The Morgan fingerprint density at radius 2 is 2.04 bits per heavy atom. The van der Waals surface area contributed by atoms with Crippen LogP contribution in [-0.2, 0) is 14.3 Å². The number of alkyl halides is 1. The third kappa shape index (κ3) is 4.52. The highest BCUT2D eigenvalue weighted by Crippen LogP contribution is 2.31. The van der Waals surface area contributed by atoms with Gasteiger partial charge in [-0.2, -0.15) is 0 Å². The molecule has 0 aromatic heterocycles. The second-order valence-electron chi connectivity index (χ2n) is 7.54. The number of hydrogen-bond donors (Lipinski definition) is 5. The number of ether oxygens (including phenoxy) is 2. The Morgan fingerprint density at radius 1 is 1.29 bits per heavy atom. The topological polar surface area (TPSA) is 120 Å². The van der Waals surface area contributed by atoms with Gasteiger partial charge in [-0.3, -0.25) is 4.79 Å². The van der Waals surface area contributed by atoms with Gasteiger partial charge in [0.2, 0.25) is 5.91 Å². The first kappa shape index (κ1) is 22.3. The molecule has 2 unspecified atom stereocenters. The van der Waals surface area contributed by atoms with Gasteiger partial charge in [0.05, 0.1) is 24.1 Å². The van der Waals surface area contributed by atoms with Gasteiger partial charge in [0, 0.05) is 12.5 Å². The van der Waals surface area contributed by atoms with Crippen LogP contribution in [0, 0.1) is 5.92 Å². The number of amides is 1. The lowest BCUT2D eigenvalue weighted by Gasteiger charge is -2.44. The first-order valence-corrected chi connectivity index (χ1v) is 11.2. The van der Waals surface area contributed by atoms with E-state index in [0.717, 1.165) is 6.42 Å². The zero-order valence-corrected chi connectivity index (χ0v) is 17.5. The molecule has 3 aliphatic heterocycles. The molecule has 3 rings (SSSR count). The third-order valence-electron chi connectivity index (χ3n) is 5.66. The summed E-state index contributed by atoms with van der Waals surface area (Å²) < 4.78 is 11.6. The second-order valence-corrected chi connectivity index (χ2v) is 9.16. The van der Waals surface area contributed by atoms with Crippen LogP contribution in [0.2, 0.25) is 0 Å². The van der Waals surface area contributed by atoms with Gasteiger partial charge in [-0.15, -0.1) is 23.4 Å². The summed E-state index contributed by atoms with van der Waals surface area (Å²) in [6.07, 6.45) is 1.39. The molecule has 160 valence electrons. The Balaban J connectivity index is 1.71. The number of rotatable bonds is 5. The molecule has 0 spiro atoms. The molecule has 2 fully saturated rings. The first-order chi connectivity index (χ1) is 13.3. The maximum absolute atomic E-state index is 13.0. The van der Waals surface area contributed by atoms with Crippen LogP contribution in [0.3, 0.4) is 0 Å². The van der Waals surface area contributed by atoms with Crippen LogP contribution < -0.4 is 10.6 Å². The minimum absolute atomic E-state index is 0.218. The quantitative estimate of drug-likeness (QED) is 0.281. The lowest BCUT2D eigenvalue weighted by Crippen LogP contribution is -2.65. The summed E-state index contributed by atoms with van der Waals surface area (Å²) in [5.41, 5.74) is -0.733. The zero-order valence-electron chi connectivity index (χ0n) is 15.9. The molecule has 3 heterocycles. The zero-order chi connectivity index (χ0) is 20.4. The van der Waals surface area contributed by atoms with Gasteiger partial charge in [-0.25, -0.2) is 0 Å². The van der Waals surface area contributed by atoms with Gasteiger partial charge in [-0.05, 0) is 19.6 Å². The average molecular weight is 437 g/mol. The fourth-order valence-electron chi connectivity index (χ4n) is 4.06. The molecule has 28 heavy (non-hydrogen) atoms. The summed E-state index contributed by atoms with van der Waals surface area (Å²) in [5.74, 6) is -0.0697. The van der Waals surface area contributed by atoms with E-state index >= 15 is 0 Å². The molecule has 1 amide bonds. The van der Waals surface area contributed by atoms with Crippen LogP contribution in [0.4, 0.5) is 0 Å². The van der Waals surface area contributed by atoms with E-state index in [1.165, 1.54) is 11.8 Å². The van der Waals surface area contributed by atoms with Crippen LogP contribution in [0.1, 0.15) is 13.3 Å². The number of halogens is 1. The fraction of sp³-hybridized carbons (Fsp3) is 0.833. The van der Waals surface area contributed by atoms with E-state index in [1.54, 1.807) is 13.2 Å². The van der Waals surface area contributed by atoms with E-state index in [9.17, 15) is 20.1 Å². The van der Waals surface area contributed by atoms with Crippen molar-refractivity contribution in [2.24, 2.45) is 5.92 Å². The van der Waals surface area contributed by atoms with Crippen LogP contribution in [0.15, 0.2) is 12.2 Å². The number of aliphatic hydroxyl groups excluding tert-OH is 3. The molecule has 8 nitrogen and oxygen atoms in total. The van der Waals surface area contributed by atoms with Crippen LogP contribution in [0.25, 0.3) is 0 Å². The number of aliphatic hydroxyl groups is 3. The summed E-state index contributed by atoms with van der Waals surface area (Å²) in [7, 11) is 0. The lowest BCUT2D eigenvalue weighted by molar-refractivity contribution is -0.205. The normalized spacial score (nSPS) is 43.1. The molecule has 5 N–H and O–H groups in total. The second kappa shape index (κ2) is 9.61. The highest BCUT2D eigenvalue weighted by Gasteiger charge is 2.49. The summed E-state index contributed by atoms with van der Waals surface area (Å²) in [6, 6.07) is -1.29. The molecule has 0 bridgehead atoms. The van der Waals surface area contributed by atoms with Crippen LogP contribution in [0.5, 0.6) is 0 Å². The predicted molar refractivity (Wildman–Crippen MR) is 106 cm³/mol. The molecular formula is C18H29ClN2O6S. The summed E-state index contributed by atoms with van der Waals surface area (Å²) >= 11 is 7.53. The number of nitrogens with one attached hydrogen (secondary N) is 2.